The summed E-state index contributed by atoms with van der Waals surface area (Å²) in [6.07, 6.45) is 0. The Morgan fingerprint density at radius 3 is 2.19 bits per heavy atom. The number of rotatable bonds is 8. The van der Waals surface area contributed by atoms with Crippen LogP contribution in [0.15, 0.2) is 83.8 Å². The first kappa shape index (κ1) is 25.7. The van der Waals surface area contributed by atoms with Crippen LogP contribution in [0.25, 0.3) is 0 Å². The van der Waals surface area contributed by atoms with Crippen molar-refractivity contribution in [2.24, 2.45) is 0 Å². The van der Waals surface area contributed by atoms with Crippen LogP contribution in [0.3, 0.4) is 0 Å². The van der Waals surface area contributed by atoms with Crippen molar-refractivity contribution in [3.8, 4) is 5.75 Å². The number of carbonyl (C=O) groups is 2. The average molecular weight is 528 g/mol. The van der Waals surface area contributed by atoms with E-state index in [0.717, 1.165) is 5.56 Å². The fourth-order valence-corrected chi connectivity index (χ4v) is 5.37. The Bertz CT molecular complexity index is 1310. The Hall–Kier alpha value is -3.40. The number of hydrogen-bond acceptors (Lipinski definition) is 5. The quantitative estimate of drug-likeness (QED) is 0.485. The molecule has 0 atom stereocenters. The van der Waals surface area contributed by atoms with Crippen molar-refractivity contribution in [3.05, 3.63) is 95.0 Å². The van der Waals surface area contributed by atoms with E-state index >= 15 is 0 Å². The van der Waals surface area contributed by atoms with Gasteiger partial charge >= 0.3 is 0 Å². The Morgan fingerprint density at radius 1 is 0.861 bits per heavy atom. The van der Waals surface area contributed by atoms with E-state index in [1.807, 2.05) is 30.3 Å². The highest BCUT2D eigenvalue weighted by atomic mass is 35.5. The van der Waals surface area contributed by atoms with Crippen molar-refractivity contribution in [1.29, 1.82) is 0 Å². The highest BCUT2D eigenvalue weighted by Crippen LogP contribution is 2.21. The van der Waals surface area contributed by atoms with Gasteiger partial charge in [-0.2, -0.15) is 4.31 Å². The number of benzene rings is 3. The summed E-state index contributed by atoms with van der Waals surface area (Å²) in [7, 11) is -3.66. The van der Waals surface area contributed by atoms with Crippen LogP contribution >= 0.6 is 11.6 Å². The molecule has 4 rings (SSSR count). The summed E-state index contributed by atoms with van der Waals surface area (Å²) < 4.78 is 32.8. The number of carbonyl (C=O) groups excluding carboxylic acids is 2. The Labute approximate surface area is 215 Å². The molecule has 1 aliphatic heterocycles. The zero-order chi connectivity index (χ0) is 25.5. The number of sulfonamides is 1. The maximum atomic E-state index is 12.8. The molecule has 188 valence electrons. The molecule has 1 fully saturated rings. The SMILES string of the molecule is O=C(NCc1ccccc1)c1ccccc1OCC(=O)N1CCN(S(=O)(=O)c2ccc(Cl)cc2)CC1. The van der Waals surface area contributed by atoms with E-state index in [1.54, 1.807) is 29.2 Å². The number of halogens is 1. The lowest BCUT2D eigenvalue weighted by molar-refractivity contribution is -0.134. The Morgan fingerprint density at radius 2 is 1.50 bits per heavy atom. The van der Waals surface area contributed by atoms with Crippen LogP contribution in [0.1, 0.15) is 15.9 Å². The molecule has 0 aliphatic carbocycles. The molecule has 0 aromatic heterocycles. The van der Waals surface area contributed by atoms with E-state index in [-0.39, 0.29) is 49.5 Å². The minimum atomic E-state index is -3.66. The van der Waals surface area contributed by atoms with Gasteiger partial charge in [-0.05, 0) is 42.0 Å². The summed E-state index contributed by atoms with van der Waals surface area (Å²) in [6, 6.07) is 22.3. The summed E-state index contributed by atoms with van der Waals surface area (Å²) >= 11 is 5.86. The molecular formula is C26H26ClN3O5S. The fraction of sp³-hybridized carbons (Fsp3) is 0.231. The first-order chi connectivity index (χ1) is 17.3. The summed E-state index contributed by atoms with van der Waals surface area (Å²) in [6.45, 7) is 0.954. The molecular weight excluding hydrogens is 502 g/mol. The lowest BCUT2D eigenvalue weighted by Gasteiger charge is -2.34. The van der Waals surface area contributed by atoms with Gasteiger partial charge in [-0.15, -0.1) is 0 Å². The summed E-state index contributed by atoms with van der Waals surface area (Å²) in [4.78, 5) is 27.2. The van der Waals surface area contributed by atoms with Crippen molar-refractivity contribution in [3.63, 3.8) is 0 Å². The van der Waals surface area contributed by atoms with Crippen LogP contribution in [0.4, 0.5) is 0 Å². The molecule has 0 unspecified atom stereocenters. The molecule has 1 heterocycles. The molecule has 3 aromatic carbocycles. The normalized spacial score (nSPS) is 14.3. The highest BCUT2D eigenvalue weighted by Gasteiger charge is 2.30. The minimum Gasteiger partial charge on any atom is -0.483 e. The van der Waals surface area contributed by atoms with E-state index in [0.29, 0.717) is 22.9 Å². The Balaban J connectivity index is 1.30. The van der Waals surface area contributed by atoms with E-state index in [4.69, 9.17) is 16.3 Å². The number of piperazine rings is 1. The number of para-hydroxylation sites is 1. The number of nitrogens with zero attached hydrogens (tertiary/aromatic N) is 2. The van der Waals surface area contributed by atoms with E-state index < -0.39 is 10.0 Å². The molecule has 36 heavy (non-hydrogen) atoms. The maximum Gasteiger partial charge on any atom is 0.260 e. The minimum absolute atomic E-state index is 0.164. The highest BCUT2D eigenvalue weighted by molar-refractivity contribution is 7.89. The summed E-state index contributed by atoms with van der Waals surface area (Å²) in [5, 5.41) is 3.32. The van der Waals surface area contributed by atoms with E-state index in [2.05, 4.69) is 5.32 Å². The van der Waals surface area contributed by atoms with Gasteiger partial charge in [0.05, 0.1) is 10.5 Å². The van der Waals surface area contributed by atoms with Crippen LogP contribution in [0, 0.1) is 0 Å². The van der Waals surface area contributed by atoms with Gasteiger partial charge in [0.2, 0.25) is 10.0 Å². The molecule has 0 bridgehead atoms. The second-order valence-electron chi connectivity index (χ2n) is 8.19. The number of amides is 2. The van der Waals surface area contributed by atoms with Crippen LogP contribution in [-0.2, 0) is 21.4 Å². The lowest BCUT2D eigenvalue weighted by Crippen LogP contribution is -2.51. The summed E-state index contributed by atoms with van der Waals surface area (Å²) in [5.41, 5.74) is 1.30. The predicted molar refractivity (Wildman–Crippen MR) is 136 cm³/mol. The molecule has 10 heteroatoms. The zero-order valence-corrected chi connectivity index (χ0v) is 21.0. The first-order valence-electron chi connectivity index (χ1n) is 11.4. The third-order valence-electron chi connectivity index (χ3n) is 5.82. The third kappa shape index (κ3) is 6.23. The van der Waals surface area contributed by atoms with Gasteiger partial charge < -0.3 is 15.0 Å². The monoisotopic (exact) mass is 527 g/mol. The van der Waals surface area contributed by atoms with Gasteiger partial charge in [-0.3, -0.25) is 9.59 Å². The molecule has 1 saturated heterocycles. The van der Waals surface area contributed by atoms with Gasteiger partial charge in [0.15, 0.2) is 6.61 Å². The molecule has 3 aromatic rings. The Kier molecular flexibility index (Phi) is 8.25. The fourth-order valence-electron chi connectivity index (χ4n) is 3.82. The van der Waals surface area contributed by atoms with Crippen LogP contribution < -0.4 is 10.1 Å². The van der Waals surface area contributed by atoms with Gasteiger partial charge in [0.25, 0.3) is 11.8 Å². The van der Waals surface area contributed by atoms with E-state index in [1.165, 1.54) is 28.6 Å². The maximum absolute atomic E-state index is 12.8. The van der Waals surface area contributed by atoms with Crippen molar-refractivity contribution in [1.82, 2.24) is 14.5 Å². The van der Waals surface area contributed by atoms with Gasteiger partial charge in [-0.1, -0.05) is 54.1 Å². The first-order valence-corrected chi connectivity index (χ1v) is 13.2. The number of hydrogen-bond donors (Lipinski definition) is 1. The summed E-state index contributed by atoms with van der Waals surface area (Å²) in [5.74, 6) is -0.277. The predicted octanol–water partition coefficient (Wildman–Crippen LogP) is 3.18. The average Bonchev–Trinajstić information content (AvgIpc) is 2.91. The zero-order valence-electron chi connectivity index (χ0n) is 19.5. The molecule has 0 saturated carbocycles. The van der Waals surface area contributed by atoms with Gasteiger partial charge in [-0.25, -0.2) is 8.42 Å². The molecule has 8 nitrogen and oxygen atoms in total. The van der Waals surface area contributed by atoms with Gasteiger partial charge in [0.1, 0.15) is 5.75 Å². The van der Waals surface area contributed by atoms with Crippen molar-refractivity contribution >= 4 is 33.4 Å². The second-order valence-corrected chi connectivity index (χ2v) is 10.6. The molecule has 1 aliphatic rings. The molecule has 2 amide bonds. The van der Waals surface area contributed by atoms with Crippen molar-refractivity contribution in [2.75, 3.05) is 32.8 Å². The lowest BCUT2D eigenvalue weighted by atomic mass is 10.1. The molecule has 0 radical (unpaired) electrons. The molecule has 0 spiro atoms. The van der Waals surface area contributed by atoms with Crippen LogP contribution in [-0.4, -0.2) is 62.2 Å². The van der Waals surface area contributed by atoms with Crippen molar-refractivity contribution < 1.29 is 22.7 Å². The third-order valence-corrected chi connectivity index (χ3v) is 7.99. The molecule has 1 N–H and O–H groups in total. The largest absolute Gasteiger partial charge is 0.483 e. The van der Waals surface area contributed by atoms with E-state index in [9.17, 15) is 18.0 Å². The number of nitrogens with one attached hydrogen (secondary N) is 1. The van der Waals surface area contributed by atoms with Crippen LogP contribution in [0.5, 0.6) is 5.75 Å². The second kappa shape index (κ2) is 11.6. The van der Waals surface area contributed by atoms with Gasteiger partial charge in [0, 0.05) is 37.7 Å². The topological polar surface area (TPSA) is 96.0 Å². The van der Waals surface area contributed by atoms with Crippen LogP contribution in [0.2, 0.25) is 5.02 Å². The van der Waals surface area contributed by atoms with Crippen molar-refractivity contribution in [2.45, 2.75) is 11.4 Å². The number of ether oxygens (including phenoxy) is 1. The standard InChI is InChI=1S/C26H26ClN3O5S/c27-21-10-12-22(13-11-21)36(33,34)30-16-14-29(15-17-30)25(31)19-35-24-9-5-4-8-23(24)26(32)28-18-20-6-2-1-3-7-20/h1-13H,14-19H2,(H,28,32). The smallest absolute Gasteiger partial charge is 0.260 e.